The number of hydrogen-bond acceptors (Lipinski definition) is 2. The van der Waals surface area contributed by atoms with E-state index in [0.717, 1.165) is 16.3 Å². The first-order chi connectivity index (χ1) is 10.1. The third-order valence-corrected chi connectivity index (χ3v) is 3.74. The second-order valence-corrected chi connectivity index (χ2v) is 5.27. The summed E-state index contributed by atoms with van der Waals surface area (Å²) in [6.07, 6.45) is 1.01. The van der Waals surface area contributed by atoms with Gasteiger partial charge in [0.1, 0.15) is 0 Å². The molecule has 1 N–H and O–H groups in total. The SMILES string of the molecule is Cc1cccn(CC(O)c2ccc3ccccc3c2)c1=O. The summed E-state index contributed by atoms with van der Waals surface area (Å²) in [6, 6.07) is 17.5. The summed E-state index contributed by atoms with van der Waals surface area (Å²) >= 11 is 0. The first-order valence-corrected chi connectivity index (χ1v) is 6.98. The maximum atomic E-state index is 12.0. The Bertz CT molecular complexity index is 836. The minimum atomic E-state index is -0.700. The Labute approximate surface area is 123 Å². The molecule has 0 aliphatic rings. The van der Waals surface area contributed by atoms with Crippen molar-refractivity contribution in [2.75, 3.05) is 0 Å². The molecular weight excluding hydrogens is 262 g/mol. The van der Waals surface area contributed by atoms with Crippen molar-refractivity contribution in [1.82, 2.24) is 4.57 Å². The Morgan fingerprint density at radius 1 is 1.05 bits per heavy atom. The molecule has 1 aromatic heterocycles. The lowest BCUT2D eigenvalue weighted by Crippen LogP contribution is -2.24. The van der Waals surface area contributed by atoms with Crippen molar-refractivity contribution in [2.24, 2.45) is 0 Å². The first-order valence-electron chi connectivity index (χ1n) is 6.98. The number of aliphatic hydroxyl groups excluding tert-OH is 1. The van der Waals surface area contributed by atoms with Crippen LogP contribution in [0.15, 0.2) is 65.6 Å². The van der Waals surface area contributed by atoms with Crippen LogP contribution in [0.5, 0.6) is 0 Å². The zero-order valence-electron chi connectivity index (χ0n) is 11.9. The van der Waals surface area contributed by atoms with E-state index in [1.807, 2.05) is 48.5 Å². The predicted molar refractivity (Wildman–Crippen MR) is 84.3 cm³/mol. The van der Waals surface area contributed by atoms with Crippen molar-refractivity contribution in [2.45, 2.75) is 19.6 Å². The molecule has 0 radical (unpaired) electrons. The molecular formula is C18H17NO2. The van der Waals surface area contributed by atoms with Crippen LogP contribution in [0.1, 0.15) is 17.2 Å². The summed E-state index contributed by atoms with van der Waals surface area (Å²) in [5, 5.41) is 12.6. The van der Waals surface area contributed by atoms with Crippen LogP contribution in [0.2, 0.25) is 0 Å². The lowest BCUT2D eigenvalue weighted by molar-refractivity contribution is 0.155. The third-order valence-electron chi connectivity index (χ3n) is 3.74. The van der Waals surface area contributed by atoms with Gasteiger partial charge in [-0.25, -0.2) is 0 Å². The molecule has 0 bridgehead atoms. The number of aliphatic hydroxyl groups is 1. The average Bonchev–Trinajstić information content (AvgIpc) is 2.51. The van der Waals surface area contributed by atoms with Crippen LogP contribution in [-0.4, -0.2) is 9.67 Å². The maximum absolute atomic E-state index is 12.0. The van der Waals surface area contributed by atoms with Gasteiger partial charge in [0.15, 0.2) is 0 Å². The number of nitrogens with zero attached hydrogens (tertiary/aromatic N) is 1. The average molecular weight is 279 g/mol. The first kappa shape index (κ1) is 13.6. The normalized spacial score (nSPS) is 12.5. The zero-order chi connectivity index (χ0) is 14.8. The van der Waals surface area contributed by atoms with Crippen LogP contribution in [0, 0.1) is 6.92 Å². The molecule has 0 amide bonds. The molecule has 0 aliphatic heterocycles. The molecule has 3 nitrogen and oxygen atoms in total. The third kappa shape index (κ3) is 2.73. The van der Waals surface area contributed by atoms with E-state index in [2.05, 4.69) is 0 Å². The Kier molecular flexibility index (Phi) is 3.59. The molecule has 1 heterocycles. The molecule has 0 saturated heterocycles. The topological polar surface area (TPSA) is 42.2 Å². The molecule has 1 atom stereocenters. The van der Waals surface area contributed by atoms with Gasteiger partial charge in [0.2, 0.25) is 0 Å². The Balaban J connectivity index is 1.91. The molecule has 1 unspecified atom stereocenters. The van der Waals surface area contributed by atoms with Gasteiger partial charge in [-0.05, 0) is 35.4 Å². The Morgan fingerprint density at radius 3 is 2.62 bits per heavy atom. The lowest BCUT2D eigenvalue weighted by Gasteiger charge is -2.14. The second kappa shape index (κ2) is 5.54. The predicted octanol–water partition coefficient (Wildman–Crippen LogP) is 3.04. The van der Waals surface area contributed by atoms with Crippen LogP contribution in [0.3, 0.4) is 0 Å². The highest BCUT2D eigenvalue weighted by Gasteiger charge is 2.10. The molecule has 3 aromatic rings. The van der Waals surface area contributed by atoms with Crippen LogP contribution in [0.4, 0.5) is 0 Å². The van der Waals surface area contributed by atoms with Crippen LogP contribution < -0.4 is 5.56 Å². The van der Waals surface area contributed by atoms with Crippen LogP contribution in [0.25, 0.3) is 10.8 Å². The smallest absolute Gasteiger partial charge is 0.253 e. The van der Waals surface area contributed by atoms with Crippen molar-refractivity contribution in [1.29, 1.82) is 0 Å². The Hall–Kier alpha value is -2.39. The fraction of sp³-hybridized carbons (Fsp3) is 0.167. The van der Waals surface area contributed by atoms with Gasteiger partial charge in [0, 0.05) is 11.8 Å². The Morgan fingerprint density at radius 2 is 1.81 bits per heavy atom. The molecule has 0 spiro atoms. The van der Waals surface area contributed by atoms with Gasteiger partial charge in [0.05, 0.1) is 12.6 Å². The van der Waals surface area contributed by atoms with Gasteiger partial charge in [-0.15, -0.1) is 0 Å². The van der Waals surface area contributed by atoms with Gasteiger partial charge in [-0.1, -0.05) is 42.5 Å². The van der Waals surface area contributed by atoms with Gasteiger partial charge in [0.25, 0.3) is 5.56 Å². The fourth-order valence-corrected chi connectivity index (χ4v) is 2.51. The number of benzene rings is 2. The van der Waals surface area contributed by atoms with Gasteiger partial charge in [-0.3, -0.25) is 4.79 Å². The highest BCUT2D eigenvalue weighted by Crippen LogP contribution is 2.21. The van der Waals surface area contributed by atoms with Gasteiger partial charge in [-0.2, -0.15) is 0 Å². The standard InChI is InChI=1S/C18H17NO2/c1-13-5-4-10-19(18(13)21)12-17(20)16-9-8-14-6-2-3-7-15(14)11-16/h2-11,17,20H,12H2,1H3. The van der Waals surface area contributed by atoms with E-state index in [1.54, 1.807) is 23.8 Å². The largest absolute Gasteiger partial charge is 0.387 e. The van der Waals surface area contributed by atoms with E-state index in [-0.39, 0.29) is 12.1 Å². The number of fused-ring (bicyclic) bond motifs is 1. The van der Waals surface area contributed by atoms with E-state index in [0.29, 0.717) is 5.56 Å². The molecule has 0 aliphatic carbocycles. The van der Waals surface area contributed by atoms with Crippen LogP contribution >= 0.6 is 0 Å². The molecule has 2 aromatic carbocycles. The summed E-state index contributed by atoms with van der Waals surface area (Å²) in [5.41, 5.74) is 1.45. The summed E-state index contributed by atoms with van der Waals surface area (Å²) < 4.78 is 1.55. The maximum Gasteiger partial charge on any atom is 0.253 e. The van der Waals surface area contributed by atoms with Gasteiger partial charge < -0.3 is 9.67 Å². The lowest BCUT2D eigenvalue weighted by atomic mass is 10.0. The minimum absolute atomic E-state index is 0.0580. The van der Waals surface area contributed by atoms with Crippen molar-refractivity contribution in [3.63, 3.8) is 0 Å². The second-order valence-electron chi connectivity index (χ2n) is 5.27. The van der Waals surface area contributed by atoms with Crippen molar-refractivity contribution < 1.29 is 5.11 Å². The summed E-state index contributed by atoms with van der Waals surface area (Å²) in [7, 11) is 0. The molecule has 3 rings (SSSR count). The number of aromatic nitrogens is 1. The molecule has 21 heavy (non-hydrogen) atoms. The molecule has 0 saturated carbocycles. The summed E-state index contributed by atoms with van der Waals surface area (Å²) in [6.45, 7) is 2.04. The molecule has 0 fully saturated rings. The number of hydrogen-bond donors (Lipinski definition) is 1. The van der Waals surface area contributed by atoms with Crippen molar-refractivity contribution in [3.05, 3.63) is 82.3 Å². The van der Waals surface area contributed by atoms with E-state index in [1.165, 1.54) is 0 Å². The monoisotopic (exact) mass is 279 g/mol. The van der Waals surface area contributed by atoms with Gasteiger partial charge >= 0.3 is 0 Å². The molecule has 3 heteroatoms. The van der Waals surface area contributed by atoms with Crippen molar-refractivity contribution >= 4 is 10.8 Å². The van der Waals surface area contributed by atoms with E-state index >= 15 is 0 Å². The van der Waals surface area contributed by atoms with E-state index < -0.39 is 6.10 Å². The quantitative estimate of drug-likeness (QED) is 0.800. The molecule has 106 valence electrons. The highest BCUT2D eigenvalue weighted by atomic mass is 16.3. The van der Waals surface area contributed by atoms with Crippen LogP contribution in [-0.2, 0) is 6.54 Å². The number of pyridine rings is 1. The zero-order valence-corrected chi connectivity index (χ0v) is 11.9. The van der Waals surface area contributed by atoms with E-state index in [4.69, 9.17) is 0 Å². The van der Waals surface area contributed by atoms with E-state index in [9.17, 15) is 9.90 Å². The minimum Gasteiger partial charge on any atom is -0.387 e. The summed E-state index contributed by atoms with van der Waals surface area (Å²) in [4.78, 5) is 12.0. The van der Waals surface area contributed by atoms with Crippen molar-refractivity contribution in [3.8, 4) is 0 Å². The number of aryl methyl sites for hydroxylation is 1. The highest BCUT2D eigenvalue weighted by molar-refractivity contribution is 5.83. The fourth-order valence-electron chi connectivity index (χ4n) is 2.51. The number of rotatable bonds is 3. The summed E-state index contributed by atoms with van der Waals surface area (Å²) in [5.74, 6) is 0.